The zero-order valence-corrected chi connectivity index (χ0v) is 12.1. The van der Waals surface area contributed by atoms with E-state index in [0.717, 1.165) is 26.1 Å². The Bertz CT molecular complexity index is 478. The van der Waals surface area contributed by atoms with Gasteiger partial charge >= 0.3 is 0 Å². The van der Waals surface area contributed by atoms with Crippen molar-refractivity contribution >= 4 is 5.96 Å². The molecule has 1 saturated heterocycles. The van der Waals surface area contributed by atoms with Gasteiger partial charge in [-0.2, -0.15) is 0 Å². The lowest BCUT2D eigenvalue weighted by Gasteiger charge is -2.29. The number of hydrogen-bond acceptors (Lipinski definition) is 3. The second kappa shape index (κ2) is 4.55. The first-order valence-electron chi connectivity index (χ1n) is 7.24. The minimum Gasteiger partial charge on any atom is -0.338 e. The van der Waals surface area contributed by atoms with Crippen LogP contribution in [0.5, 0.6) is 0 Å². The molecular weight excluding hydrogens is 234 g/mol. The highest BCUT2D eigenvalue weighted by atomic mass is 15.5. The summed E-state index contributed by atoms with van der Waals surface area (Å²) in [5.41, 5.74) is 1.61. The van der Waals surface area contributed by atoms with Crippen molar-refractivity contribution in [1.82, 2.24) is 9.80 Å². The fourth-order valence-corrected chi connectivity index (χ4v) is 3.21. The van der Waals surface area contributed by atoms with Gasteiger partial charge in [-0.25, -0.2) is 0 Å². The molecule has 19 heavy (non-hydrogen) atoms. The summed E-state index contributed by atoms with van der Waals surface area (Å²) in [5.74, 6) is 1.22. The van der Waals surface area contributed by atoms with Gasteiger partial charge in [-0.1, -0.05) is 30.3 Å². The molecule has 1 aromatic rings. The Hall–Kier alpha value is -1.51. The molecule has 3 nitrogen and oxygen atoms in total. The summed E-state index contributed by atoms with van der Waals surface area (Å²) < 4.78 is 0. The molecule has 0 amide bonds. The first kappa shape index (κ1) is 12.5. The summed E-state index contributed by atoms with van der Waals surface area (Å²) in [6.07, 6.45) is 1.11. The maximum absolute atomic E-state index is 4.76. The van der Waals surface area contributed by atoms with Gasteiger partial charge in [0, 0.05) is 13.1 Å². The number of nitrogens with zero attached hydrogens (tertiary/aromatic N) is 3. The molecule has 0 aromatic heterocycles. The van der Waals surface area contributed by atoms with Crippen molar-refractivity contribution in [3.63, 3.8) is 0 Å². The summed E-state index contributed by atoms with van der Waals surface area (Å²) in [6, 6.07) is 11.4. The Balaban J connectivity index is 1.80. The lowest BCUT2D eigenvalue weighted by atomic mass is 10.0. The minimum atomic E-state index is 0.189. The number of hydrogen-bond donors (Lipinski definition) is 0. The van der Waals surface area contributed by atoms with E-state index >= 15 is 0 Å². The SMILES string of the molecule is CCN1C2=NCC(C)(C)N2C[C@@H]1Cc1ccccc1. The van der Waals surface area contributed by atoms with E-state index in [1.165, 1.54) is 11.5 Å². The molecule has 1 aromatic carbocycles. The van der Waals surface area contributed by atoms with Crippen molar-refractivity contribution in [2.75, 3.05) is 19.6 Å². The van der Waals surface area contributed by atoms with Crippen LogP contribution < -0.4 is 0 Å². The third-order valence-corrected chi connectivity index (χ3v) is 4.33. The van der Waals surface area contributed by atoms with E-state index in [0.29, 0.717) is 6.04 Å². The molecule has 3 heteroatoms. The van der Waals surface area contributed by atoms with Gasteiger partial charge in [0.2, 0.25) is 0 Å². The van der Waals surface area contributed by atoms with Gasteiger partial charge < -0.3 is 9.80 Å². The van der Waals surface area contributed by atoms with E-state index in [-0.39, 0.29) is 5.54 Å². The maximum Gasteiger partial charge on any atom is 0.197 e. The van der Waals surface area contributed by atoms with Crippen molar-refractivity contribution in [3.05, 3.63) is 35.9 Å². The summed E-state index contributed by atoms with van der Waals surface area (Å²) in [4.78, 5) is 9.73. The first-order chi connectivity index (χ1) is 9.12. The van der Waals surface area contributed by atoms with Crippen LogP contribution in [0.25, 0.3) is 0 Å². The first-order valence-corrected chi connectivity index (χ1v) is 7.24. The molecule has 0 N–H and O–H groups in total. The van der Waals surface area contributed by atoms with Gasteiger partial charge in [-0.15, -0.1) is 0 Å². The van der Waals surface area contributed by atoms with E-state index in [1.54, 1.807) is 0 Å². The van der Waals surface area contributed by atoms with Crippen molar-refractivity contribution in [3.8, 4) is 0 Å². The average molecular weight is 257 g/mol. The lowest BCUT2D eigenvalue weighted by molar-refractivity contribution is 0.250. The molecule has 2 aliphatic rings. The summed E-state index contributed by atoms with van der Waals surface area (Å²) in [5, 5.41) is 0. The topological polar surface area (TPSA) is 18.8 Å². The van der Waals surface area contributed by atoms with Gasteiger partial charge in [-0.3, -0.25) is 4.99 Å². The molecule has 102 valence electrons. The Morgan fingerprint density at radius 2 is 2.00 bits per heavy atom. The predicted octanol–water partition coefficient (Wildman–Crippen LogP) is 2.38. The van der Waals surface area contributed by atoms with Crippen LogP contribution in [0, 0.1) is 0 Å². The van der Waals surface area contributed by atoms with Crippen LogP contribution in [0.15, 0.2) is 35.3 Å². The summed E-state index contributed by atoms with van der Waals surface area (Å²) in [7, 11) is 0. The van der Waals surface area contributed by atoms with E-state index in [2.05, 4.69) is 60.9 Å². The fourth-order valence-electron chi connectivity index (χ4n) is 3.21. The van der Waals surface area contributed by atoms with Crippen LogP contribution in [-0.4, -0.2) is 47.0 Å². The molecule has 2 aliphatic heterocycles. The molecule has 0 aliphatic carbocycles. The predicted molar refractivity (Wildman–Crippen MR) is 79.4 cm³/mol. The van der Waals surface area contributed by atoms with Crippen LogP contribution >= 0.6 is 0 Å². The molecule has 0 bridgehead atoms. The van der Waals surface area contributed by atoms with E-state index in [4.69, 9.17) is 4.99 Å². The highest BCUT2D eigenvalue weighted by Crippen LogP contribution is 2.31. The van der Waals surface area contributed by atoms with Gasteiger partial charge in [0.1, 0.15) is 0 Å². The normalized spacial score (nSPS) is 24.6. The van der Waals surface area contributed by atoms with Crippen LogP contribution in [-0.2, 0) is 6.42 Å². The van der Waals surface area contributed by atoms with Crippen molar-refractivity contribution in [1.29, 1.82) is 0 Å². The molecule has 3 rings (SSSR count). The minimum absolute atomic E-state index is 0.189. The number of rotatable bonds is 3. The standard InChI is InChI=1S/C16H23N3/c1-4-18-14(10-13-8-6-5-7-9-13)11-19-15(18)17-12-16(19,2)3/h5-9,14H,4,10-12H2,1-3H3/t14-/m0/s1. The van der Waals surface area contributed by atoms with Crippen LogP contribution in [0.1, 0.15) is 26.3 Å². The molecule has 1 atom stereocenters. The molecule has 0 unspecified atom stereocenters. The molecule has 2 heterocycles. The monoisotopic (exact) mass is 257 g/mol. The van der Waals surface area contributed by atoms with Gasteiger partial charge in [0.15, 0.2) is 5.96 Å². The Labute approximate surface area is 115 Å². The third-order valence-electron chi connectivity index (χ3n) is 4.33. The second-order valence-electron chi connectivity index (χ2n) is 6.17. The summed E-state index contributed by atoms with van der Waals surface area (Å²) in [6.45, 7) is 9.90. The van der Waals surface area contributed by atoms with Crippen LogP contribution in [0.4, 0.5) is 0 Å². The maximum atomic E-state index is 4.76. The number of guanidine groups is 1. The average Bonchev–Trinajstić information content (AvgIpc) is 2.89. The molecule has 0 spiro atoms. The zero-order valence-electron chi connectivity index (χ0n) is 12.1. The van der Waals surface area contributed by atoms with E-state index < -0.39 is 0 Å². The highest BCUT2D eigenvalue weighted by molar-refractivity contribution is 5.85. The summed E-state index contributed by atoms with van der Waals surface area (Å²) >= 11 is 0. The smallest absolute Gasteiger partial charge is 0.197 e. The fraction of sp³-hybridized carbons (Fsp3) is 0.562. The van der Waals surface area contributed by atoms with Crippen molar-refractivity contribution in [2.24, 2.45) is 4.99 Å². The molecular formula is C16H23N3. The third kappa shape index (κ3) is 2.11. The zero-order chi connectivity index (χ0) is 13.5. The second-order valence-corrected chi connectivity index (χ2v) is 6.17. The van der Waals surface area contributed by atoms with Gasteiger partial charge in [-0.05, 0) is 32.8 Å². The van der Waals surface area contributed by atoms with Crippen molar-refractivity contribution in [2.45, 2.75) is 38.8 Å². The lowest BCUT2D eigenvalue weighted by Crippen LogP contribution is -2.43. The Morgan fingerprint density at radius 3 is 2.68 bits per heavy atom. The van der Waals surface area contributed by atoms with Crippen molar-refractivity contribution < 1.29 is 0 Å². The number of benzene rings is 1. The Kier molecular flexibility index (Phi) is 3.00. The van der Waals surface area contributed by atoms with Gasteiger partial charge in [0.05, 0.1) is 18.1 Å². The largest absolute Gasteiger partial charge is 0.338 e. The van der Waals surface area contributed by atoms with Crippen LogP contribution in [0.3, 0.4) is 0 Å². The number of aliphatic imine (C=N–C) groups is 1. The molecule has 1 fully saturated rings. The highest BCUT2D eigenvalue weighted by Gasteiger charge is 2.45. The quantitative estimate of drug-likeness (QED) is 0.828. The number of likely N-dealkylation sites (N-methyl/N-ethyl adjacent to an activating group) is 1. The van der Waals surface area contributed by atoms with E-state index in [1.807, 2.05) is 0 Å². The van der Waals surface area contributed by atoms with Crippen LogP contribution in [0.2, 0.25) is 0 Å². The molecule has 0 saturated carbocycles. The number of fused-ring (bicyclic) bond motifs is 1. The van der Waals surface area contributed by atoms with Gasteiger partial charge in [0.25, 0.3) is 0 Å². The van der Waals surface area contributed by atoms with E-state index in [9.17, 15) is 0 Å². The molecule has 0 radical (unpaired) electrons. The Morgan fingerprint density at radius 1 is 1.26 bits per heavy atom.